The van der Waals surface area contributed by atoms with E-state index >= 15 is 0 Å². The van der Waals surface area contributed by atoms with Gasteiger partial charge in [-0.15, -0.1) is 0 Å². The second-order valence-electron chi connectivity index (χ2n) is 6.62. The lowest BCUT2D eigenvalue weighted by Crippen LogP contribution is -2.19. The van der Waals surface area contributed by atoms with E-state index in [1.54, 1.807) is 19.1 Å². The van der Waals surface area contributed by atoms with Crippen molar-refractivity contribution in [2.24, 2.45) is 11.1 Å². The third-order valence-corrected chi connectivity index (χ3v) is 3.36. The summed E-state index contributed by atoms with van der Waals surface area (Å²) in [5, 5.41) is 3.95. The van der Waals surface area contributed by atoms with Gasteiger partial charge >= 0.3 is 0 Å². The second-order valence-corrected chi connectivity index (χ2v) is 6.62. The van der Waals surface area contributed by atoms with Crippen LogP contribution in [0.1, 0.15) is 44.6 Å². The third-order valence-electron chi connectivity index (χ3n) is 3.36. The number of benzene rings is 1. The van der Waals surface area contributed by atoms with Crippen molar-refractivity contribution in [3.8, 4) is 11.4 Å². The van der Waals surface area contributed by atoms with Crippen molar-refractivity contribution < 1.29 is 8.91 Å². The molecule has 1 atom stereocenters. The van der Waals surface area contributed by atoms with Crippen molar-refractivity contribution in [2.45, 2.75) is 40.0 Å². The highest BCUT2D eigenvalue weighted by Gasteiger charge is 2.24. The monoisotopic (exact) mass is 291 g/mol. The largest absolute Gasteiger partial charge is 0.339 e. The molecule has 5 heteroatoms. The molecule has 4 nitrogen and oxygen atoms in total. The predicted molar refractivity (Wildman–Crippen MR) is 80.3 cm³/mol. The van der Waals surface area contributed by atoms with E-state index in [4.69, 9.17) is 10.3 Å². The van der Waals surface area contributed by atoms with Crippen molar-refractivity contribution in [3.05, 3.63) is 35.5 Å². The van der Waals surface area contributed by atoms with E-state index in [1.165, 1.54) is 6.07 Å². The first kappa shape index (κ1) is 15.6. The summed E-state index contributed by atoms with van der Waals surface area (Å²) in [6, 6.07) is 4.91. The molecular weight excluding hydrogens is 269 g/mol. The van der Waals surface area contributed by atoms with Gasteiger partial charge in [0.05, 0.1) is 5.92 Å². The van der Waals surface area contributed by atoms with Gasteiger partial charge in [-0.3, -0.25) is 0 Å². The quantitative estimate of drug-likeness (QED) is 0.933. The van der Waals surface area contributed by atoms with Crippen LogP contribution in [0.4, 0.5) is 4.39 Å². The maximum atomic E-state index is 13.6. The van der Waals surface area contributed by atoms with Crippen LogP contribution < -0.4 is 5.73 Å². The predicted octanol–water partition coefficient (Wildman–Crippen LogP) is 3.66. The number of hydrogen-bond donors (Lipinski definition) is 1. The van der Waals surface area contributed by atoms with Crippen LogP contribution >= 0.6 is 0 Å². The Hall–Kier alpha value is -1.75. The first-order valence-electron chi connectivity index (χ1n) is 7.10. The summed E-state index contributed by atoms with van der Waals surface area (Å²) in [6.07, 6.45) is 0.855. The van der Waals surface area contributed by atoms with Crippen molar-refractivity contribution in [1.82, 2.24) is 10.1 Å². The molecule has 0 bridgehead atoms. The molecule has 0 saturated carbocycles. The number of aromatic nitrogens is 2. The number of hydrogen-bond acceptors (Lipinski definition) is 4. The number of nitrogens with zero attached hydrogens (tertiary/aromatic N) is 2. The molecule has 0 aliphatic carbocycles. The van der Waals surface area contributed by atoms with Crippen molar-refractivity contribution in [1.29, 1.82) is 0 Å². The minimum atomic E-state index is -0.274. The van der Waals surface area contributed by atoms with Gasteiger partial charge in [0.25, 0.3) is 0 Å². The lowest BCUT2D eigenvalue weighted by molar-refractivity contribution is 0.287. The Morgan fingerprint density at radius 1 is 1.33 bits per heavy atom. The summed E-state index contributed by atoms with van der Waals surface area (Å²) in [4.78, 5) is 4.38. The highest BCUT2D eigenvalue weighted by molar-refractivity contribution is 5.55. The zero-order valence-corrected chi connectivity index (χ0v) is 13.0. The number of aryl methyl sites for hydroxylation is 1. The van der Waals surface area contributed by atoms with Gasteiger partial charge in [-0.25, -0.2) is 4.39 Å². The SMILES string of the molecule is Cc1ccc(-c2noc(C(CN)CC(C)(C)C)n2)cc1F. The number of halogens is 1. The normalized spacial score (nSPS) is 13.4. The molecule has 1 heterocycles. The fourth-order valence-corrected chi connectivity index (χ4v) is 2.26. The Morgan fingerprint density at radius 2 is 2.05 bits per heavy atom. The van der Waals surface area contributed by atoms with Crippen molar-refractivity contribution >= 4 is 0 Å². The molecule has 0 spiro atoms. The van der Waals surface area contributed by atoms with Crippen LogP contribution in [0.3, 0.4) is 0 Å². The van der Waals surface area contributed by atoms with Gasteiger partial charge < -0.3 is 10.3 Å². The van der Waals surface area contributed by atoms with E-state index in [0.717, 1.165) is 6.42 Å². The molecule has 1 unspecified atom stereocenters. The Kier molecular flexibility index (Phi) is 4.42. The molecule has 114 valence electrons. The second kappa shape index (κ2) is 5.93. The Morgan fingerprint density at radius 3 is 2.62 bits per heavy atom. The molecule has 2 N–H and O–H groups in total. The summed E-state index contributed by atoms with van der Waals surface area (Å²) in [5.41, 5.74) is 7.14. The summed E-state index contributed by atoms with van der Waals surface area (Å²) in [7, 11) is 0. The van der Waals surface area contributed by atoms with Gasteiger partial charge in [0.1, 0.15) is 5.82 Å². The van der Waals surface area contributed by atoms with Crippen LogP contribution in [-0.4, -0.2) is 16.7 Å². The smallest absolute Gasteiger partial charge is 0.231 e. The van der Waals surface area contributed by atoms with Gasteiger partial charge in [-0.05, 0) is 30.4 Å². The Balaban J connectivity index is 2.25. The van der Waals surface area contributed by atoms with E-state index in [2.05, 4.69) is 30.9 Å². The van der Waals surface area contributed by atoms with Crippen LogP contribution in [-0.2, 0) is 0 Å². The maximum Gasteiger partial charge on any atom is 0.231 e. The maximum absolute atomic E-state index is 13.6. The van der Waals surface area contributed by atoms with Gasteiger partial charge in [0.15, 0.2) is 0 Å². The first-order valence-corrected chi connectivity index (χ1v) is 7.10. The number of nitrogens with two attached hydrogens (primary N) is 1. The molecule has 0 fully saturated rings. The summed E-state index contributed by atoms with van der Waals surface area (Å²) >= 11 is 0. The van der Waals surface area contributed by atoms with E-state index in [1.807, 2.05) is 0 Å². The van der Waals surface area contributed by atoms with Crippen molar-refractivity contribution in [2.75, 3.05) is 6.54 Å². The van der Waals surface area contributed by atoms with Gasteiger partial charge in [0.2, 0.25) is 11.7 Å². The minimum absolute atomic E-state index is 0.0153. The lowest BCUT2D eigenvalue weighted by Gasteiger charge is -2.22. The Bertz CT molecular complexity index is 616. The highest BCUT2D eigenvalue weighted by atomic mass is 19.1. The third kappa shape index (κ3) is 3.88. The van der Waals surface area contributed by atoms with E-state index in [9.17, 15) is 4.39 Å². The topological polar surface area (TPSA) is 64.9 Å². The van der Waals surface area contributed by atoms with Gasteiger partial charge in [-0.1, -0.05) is 38.1 Å². The van der Waals surface area contributed by atoms with E-state index < -0.39 is 0 Å². The molecular formula is C16H22FN3O. The highest BCUT2D eigenvalue weighted by Crippen LogP contribution is 2.30. The van der Waals surface area contributed by atoms with Crippen LogP contribution in [0.25, 0.3) is 11.4 Å². The zero-order chi connectivity index (χ0) is 15.6. The molecule has 0 radical (unpaired) electrons. The molecule has 0 saturated heterocycles. The average Bonchev–Trinajstić information content (AvgIpc) is 2.87. The van der Waals surface area contributed by atoms with Crippen LogP contribution in [0.2, 0.25) is 0 Å². The molecule has 0 aliphatic rings. The summed E-state index contributed by atoms with van der Waals surface area (Å²) < 4.78 is 18.9. The molecule has 21 heavy (non-hydrogen) atoms. The van der Waals surface area contributed by atoms with Gasteiger partial charge in [0, 0.05) is 12.1 Å². The fraction of sp³-hybridized carbons (Fsp3) is 0.500. The molecule has 0 amide bonds. The van der Waals surface area contributed by atoms with Crippen LogP contribution in [0.15, 0.2) is 22.7 Å². The average molecular weight is 291 g/mol. The lowest BCUT2D eigenvalue weighted by atomic mass is 9.84. The molecule has 1 aromatic heterocycles. The summed E-state index contributed by atoms with van der Waals surface area (Å²) in [6.45, 7) is 8.59. The molecule has 0 aliphatic heterocycles. The van der Waals surface area contributed by atoms with Crippen molar-refractivity contribution in [3.63, 3.8) is 0 Å². The standard InChI is InChI=1S/C16H22FN3O/c1-10-5-6-11(7-13(10)17)14-19-15(21-20-14)12(9-18)8-16(2,3)4/h5-7,12H,8-9,18H2,1-4H3. The fourth-order valence-electron chi connectivity index (χ4n) is 2.26. The van der Waals surface area contributed by atoms with Gasteiger partial charge in [-0.2, -0.15) is 4.98 Å². The Labute approximate surface area is 124 Å². The van der Waals surface area contributed by atoms with Crippen LogP contribution in [0, 0.1) is 18.2 Å². The molecule has 2 aromatic rings. The minimum Gasteiger partial charge on any atom is -0.339 e. The molecule has 2 rings (SSSR count). The zero-order valence-electron chi connectivity index (χ0n) is 13.0. The van der Waals surface area contributed by atoms with Crippen LogP contribution in [0.5, 0.6) is 0 Å². The molecule has 1 aromatic carbocycles. The summed E-state index contributed by atoms with van der Waals surface area (Å²) in [5.74, 6) is 0.658. The van der Waals surface area contributed by atoms with E-state index in [-0.39, 0.29) is 17.2 Å². The first-order chi connectivity index (χ1) is 9.80. The number of rotatable bonds is 4. The van der Waals surface area contributed by atoms with E-state index in [0.29, 0.717) is 29.4 Å².